The molecular weight excluding hydrogens is 258 g/mol. The van der Waals surface area contributed by atoms with Crippen molar-refractivity contribution in [3.63, 3.8) is 0 Å². The van der Waals surface area contributed by atoms with E-state index >= 15 is 0 Å². The highest BCUT2D eigenvalue weighted by molar-refractivity contribution is 5.41. The second kappa shape index (κ2) is 4.98. The number of halogens is 2. The first-order valence-electron chi connectivity index (χ1n) is 6.81. The summed E-state index contributed by atoms with van der Waals surface area (Å²) in [4.78, 5) is 0. The summed E-state index contributed by atoms with van der Waals surface area (Å²) in [7, 11) is 0. The summed E-state index contributed by atoms with van der Waals surface area (Å²) in [5, 5.41) is 10.5. The normalized spacial score (nSPS) is 16.2. The van der Waals surface area contributed by atoms with Crippen molar-refractivity contribution in [1.29, 1.82) is 0 Å². The van der Waals surface area contributed by atoms with Crippen molar-refractivity contribution >= 4 is 0 Å². The molecule has 1 nitrogen and oxygen atoms in total. The molecule has 1 fully saturated rings. The van der Waals surface area contributed by atoms with E-state index < -0.39 is 17.7 Å². The van der Waals surface area contributed by atoms with Gasteiger partial charge in [-0.05, 0) is 48.4 Å². The molecule has 0 aromatic heterocycles. The Bertz CT molecular complexity index is 647. The summed E-state index contributed by atoms with van der Waals surface area (Å²) >= 11 is 0. The van der Waals surface area contributed by atoms with Crippen LogP contribution in [0, 0.1) is 18.6 Å². The van der Waals surface area contributed by atoms with Crippen LogP contribution in [0.2, 0.25) is 0 Å². The van der Waals surface area contributed by atoms with Crippen molar-refractivity contribution in [3.05, 3.63) is 70.3 Å². The Balaban J connectivity index is 2.09. The van der Waals surface area contributed by atoms with Gasteiger partial charge in [0.05, 0.1) is 5.56 Å². The van der Waals surface area contributed by atoms with Crippen molar-refractivity contribution in [2.24, 2.45) is 0 Å². The Morgan fingerprint density at radius 1 is 1.10 bits per heavy atom. The van der Waals surface area contributed by atoms with Crippen LogP contribution in [0.25, 0.3) is 0 Å². The molecule has 0 aliphatic heterocycles. The van der Waals surface area contributed by atoms with Crippen molar-refractivity contribution in [2.45, 2.75) is 31.8 Å². The predicted octanol–water partition coefficient (Wildman–Crippen LogP) is 4.23. The third kappa shape index (κ3) is 2.22. The van der Waals surface area contributed by atoms with Crippen molar-refractivity contribution in [2.75, 3.05) is 0 Å². The van der Waals surface area contributed by atoms with Crippen LogP contribution in [-0.2, 0) is 0 Å². The average molecular weight is 274 g/mol. The monoisotopic (exact) mass is 274 g/mol. The maximum Gasteiger partial charge on any atom is 0.135 e. The zero-order chi connectivity index (χ0) is 14.3. The Morgan fingerprint density at radius 2 is 1.80 bits per heavy atom. The molecule has 104 valence electrons. The highest BCUT2D eigenvalue weighted by Gasteiger charge is 2.30. The fraction of sp³-hybridized carbons (Fsp3) is 0.294. The second-order valence-corrected chi connectivity index (χ2v) is 5.40. The molecule has 3 heteroatoms. The summed E-state index contributed by atoms with van der Waals surface area (Å²) in [6.45, 7) is 1.57. The van der Waals surface area contributed by atoms with E-state index in [-0.39, 0.29) is 5.56 Å². The van der Waals surface area contributed by atoms with E-state index in [4.69, 9.17) is 0 Å². The van der Waals surface area contributed by atoms with Gasteiger partial charge in [0.2, 0.25) is 0 Å². The number of aliphatic hydroxyl groups excluding tert-OH is 1. The molecule has 0 saturated heterocycles. The molecule has 2 aromatic carbocycles. The third-order valence-corrected chi connectivity index (χ3v) is 3.90. The number of hydrogen-bond acceptors (Lipinski definition) is 1. The van der Waals surface area contributed by atoms with Crippen LogP contribution >= 0.6 is 0 Å². The number of benzene rings is 2. The van der Waals surface area contributed by atoms with E-state index in [0.717, 1.165) is 18.4 Å². The quantitative estimate of drug-likeness (QED) is 0.888. The lowest BCUT2D eigenvalue weighted by molar-refractivity contribution is 0.207. The minimum absolute atomic E-state index is 0.252. The van der Waals surface area contributed by atoms with Gasteiger partial charge in [0, 0.05) is 0 Å². The fourth-order valence-corrected chi connectivity index (χ4v) is 2.61. The predicted molar refractivity (Wildman–Crippen MR) is 73.6 cm³/mol. The molecule has 1 aliphatic carbocycles. The first-order chi connectivity index (χ1) is 9.59. The summed E-state index contributed by atoms with van der Waals surface area (Å²) in [6.07, 6.45) is 0.886. The molecule has 1 saturated carbocycles. The lowest BCUT2D eigenvalue weighted by Gasteiger charge is -2.18. The van der Waals surface area contributed by atoms with E-state index in [2.05, 4.69) is 0 Å². The van der Waals surface area contributed by atoms with Crippen LogP contribution < -0.4 is 0 Å². The number of aryl methyl sites for hydroxylation is 1. The topological polar surface area (TPSA) is 20.2 Å². The zero-order valence-electron chi connectivity index (χ0n) is 11.2. The van der Waals surface area contributed by atoms with Gasteiger partial charge >= 0.3 is 0 Å². The molecule has 1 unspecified atom stereocenters. The largest absolute Gasteiger partial charge is 0.383 e. The lowest BCUT2D eigenvalue weighted by atomic mass is 9.93. The summed E-state index contributed by atoms with van der Waals surface area (Å²) < 4.78 is 28.1. The van der Waals surface area contributed by atoms with E-state index in [0.29, 0.717) is 17.0 Å². The molecule has 1 atom stereocenters. The maximum atomic E-state index is 14.1. The zero-order valence-corrected chi connectivity index (χ0v) is 11.2. The molecule has 2 aromatic rings. The molecule has 1 aliphatic rings. The average Bonchev–Trinajstić information content (AvgIpc) is 3.28. The second-order valence-electron chi connectivity index (χ2n) is 5.40. The van der Waals surface area contributed by atoms with E-state index in [1.807, 2.05) is 12.1 Å². The first kappa shape index (κ1) is 13.3. The minimum atomic E-state index is -1.26. The smallest absolute Gasteiger partial charge is 0.135 e. The highest BCUT2D eigenvalue weighted by Crippen LogP contribution is 2.44. The summed E-state index contributed by atoms with van der Waals surface area (Å²) in [5.74, 6) is -0.953. The minimum Gasteiger partial charge on any atom is -0.383 e. The van der Waals surface area contributed by atoms with Crippen LogP contribution in [-0.4, -0.2) is 5.11 Å². The molecule has 3 rings (SSSR count). The van der Waals surface area contributed by atoms with Crippen molar-refractivity contribution in [1.82, 2.24) is 0 Å². The fourth-order valence-electron chi connectivity index (χ4n) is 2.61. The Hall–Kier alpha value is -1.74. The number of rotatable bonds is 3. The molecular formula is C17H16F2O. The van der Waals surface area contributed by atoms with Crippen LogP contribution in [0.4, 0.5) is 8.78 Å². The van der Waals surface area contributed by atoms with Crippen LogP contribution in [0.15, 0.2) is 36.4 Å². The van der Waals surface area contributed by atoms with Gasteiger partial charge in [-0.15, -0.1) is 0 Å². The van der Waals surface area contributed by atoms with Gasteiger partial charge in [0.25, 0.3) is 0 Å². The van der Waals surface area contributed by atoms with Crippen molar-refractivity contribution in [3.8, 4) is 0 Å². The molecule has 0 bridgehead atoms. The molecule has 0 heterocycles. The molecule has 0 spiro atoms. The summed E-state index contributed by atoms with van der Waals surface area (Å²) in [6, 6.07) is 9.95. The van der Waals surface area contributed by atoms with Crippen LogP contribution in [0.1, 0.15) is 47.1 Å². The molecule has 0 radical (unpaired) electrons. The molecule has 20 heavy (non-hydrogen) atoms. The van der Waals surface area contributed by atoms with Gasteiger partial charge in [-0.3, -0.25) is 0 Å². The van der Waals surface area contributed by atoms with E-state index in [1.54, 1.807) is 19.1 Å². The SMILES string of the molecule is Cc1ccc(F)c(C(O)c2ccccc2C2CC2)c1F. The van der Waals surface area contributed by atoms with Gasteiger partial charge < -0.3 is 5.11 Å². The Morgan fingerprint density at radius 3 is 2.50 bits per heavy atom. The highest BCUT2D eigenvalue weighted by atomic mass is 19.1. The van der Waals surface area contributed by atoms with Crippen molar-refractivity contribution < 1.29 is 13.9 Å². The van der Waals surface area contributed by atoms with E-state index in [9.17, 15) is 13.9 Å². The number of aliphatic hydroxyl groups is 1. The van der Waals surface area contributed by atoms with Gasteiger partial charge in [0.1, 0.15) is 17.7 Å². The Labute approximate surface area is 116 Å². The standard InChI is InChI=1S/C17H16F2O/c1-10-6-9-14(18)15(16(10)19)17(20)13-5-3-2-4-12(13)11-7-8-11/h2-6,9,11,17,20H,7-8H2,1H3. The lowest BCUT2D eigenvalue weighted by Crippen LogP contribution is -2.09. The van der Waals surface area contributed by atoms with Gasteiger partial charge in [-0.1, -0.05) is 30.3 Å². The Kier molecular flexibility index (Phi) is 3.30. The molecule has 1 N–H and O–H groups in total. The molecule has 0 amide bonds. The van der Waals surface area contributed by atoms with E-state index in [1.165, 1.54) is 12.1 Å². The van der Waals surface area contributed by atoms with Crippen LogP contribution in [0.3, 0.4) is 0 Å². The van der Waals surface area contributed by atoms with Crippen LogP contribution in [0.5, 0.6) is 0 Å². The first-order valence-corrected chi connectivity index (χ1v) is 6.81. The summed E-state index contributed by atoms with van der Waals surface area (Å²) in [5.41, 5.74) is 1.70. The third-order valence-electron chi connectivity index (χ3n) is 3.90. The van der Waals surface area contributed by atoms with Gasteiger partial charge in [0.15, 0.2) is 0 Å². The van der Waals surface area contributed by atoms with Gasteiger partial charge in [-0.25, -0.2) is 8.78 Å². The van der Waals surface area contributed by atoms with Gasteiger partial charge in [-0.2, -0.15) is 0 Å². The maximum absolute atomic E-state index is 14.1. The number of hydrogen-bond donors (Lipinski definition) is 1.